The first-order valence-corrected chi connectivity index (χ1v) is 12.1. The van der Waals surface area contributed by atoms with Crippen molar-refractivity contribution < 1.29 is 24.2 Å². The van der Waals surface area contributed by atoms with Crippen LogP contribution in [0.5, 0.6) is 0 Å². The van der Waals surface area contributed by atoms with E-state index in [4.69, 9.17) is 5.73 Å². The molecule has 0 spiro atoms. The van der Waals surface area contributed by atoms with Crippen molar-refractivity contribution in [1.82, 2.24) is 5.32 Å². The Morgan fingerprint density at radius 3 is 2.33 bits per heavy atom. The van der Waals surface area contributed by atoms with E-state index in [0.29, 0.717) is 0 Å². The predicted octanol–water partition coefficient (Wildman–Crippen LogP) is 2.04. The number of nitrogens with two attached hydrogens (primary N) is 1. The Bertz CT molecular complexity index is 534. The van der Waals surface area contributed by atoms with Crippen molar-refractivity contribution in [2.45, 2.75) is 83.9 Å². The van der Waals surface area contributed by atoms with Gasteiger partial charge >= 0.3 is 0 Å². The largest absolute Gasteiger partial charge is 0.393 e. The molecule has 0 aliphatic heterocycles. The maximum atomic E-state index is 12.4. The summed E-state index contributed by atoms with van der Waals surface area (Å²) >= 11 is 0. The molecule has 0 saturated heterocycles. The first-order valence-electron chi connectivity index (χ1n) is 10.1. The molecule has 0 aromatic carbocycles. The van der Waals surface area contributed by atoms with Crippen LogP contribution < -0.4 is 11.1 Å². The normalized spacial score (nSPS) is 21.3. The molecule has 0 aromatic rings. The van der Waals surface area contributed by atoms with Gasteiger partial charge in [-0.05, 0) is 38.0 Å². The Labute approximate surface area is 162 Å². The molecule has 1 unspecified atom stereocenters. The molecule has 0 aromatic heterocycles. The summed E-state index contributed by atoms with van der Waals surface area (Å²) in [5.41, 5.74) is 5.75. The van der Waals surface area contributed by atoms with Crippen LogP contribution in [0.15, 0.2) is 0 Å². The van der Waals surface area contributed by atoms with Crippen LogP contribution in [0.25, 0.3) is 0 Å². The van der Waals surface area contributed by atoms with Crippen molar-refractivity contribution >= 4 is 19.1 Å². The highest BCUT2D eigenvalue weighted by Gasteiger charge is 2.29. The third kappa shape index (κ3) is 9.33. The second kappa shape index (κ2) is 11.3. The number of carbonyl (C=O) groups excluding carboxylic acids is 2. The zero-order chi connectivity index (χ0) is 20.6. The Morgan fingerprint density at radius 1 is 1.19 bits per heavy atom. The minimum absolute atomic E-state index is 0.0306. The maximum Gasteiger partial charge on any atom is 0.237 e. The minimum Gasteiger partial charge on any atom is -0.393 e. The van der Waals surface area contributed by atoms with Crippen molar-refractivity contribution in [3.05, 3.63) is 0 Å². The topological polar surface area (TPSA) is 130 Å². The van der Waals surface area contributed by atoms with Crippen LogP contribution >= 0.6 is 7.37 Å². The van der Waals surface area contributed by atoms with Gasteiger partial charge in [0.05, 0.1) is 24.3 Å². The van der Waals surface area contributed by atoms with Crippen LogP contribution in [0, 0.1) is 11.8 Å². The van der Waals surface area contributed by atoms with E-state index in [1.807, 2.05) is 13.8 Å². The lowest BCUT2D eigenvalue weighted by molar-refractivity contribution is -0.128. The molecule has 7 nitrogen and oxygen atoms in total. The van der Waals surface area contributed by atoms with Crippen molar-refractivity contribution in [3.63, 3.8) is 0 Å². The van der Waals surface area contributed by atoms with E-state index in [1.54, 1.807) is 6.92 Å². The highest BCUT2D eigenvalue weighted by Crippen LogP contribution is 2.46. The summed E-state index contributed by atoms with van der Waals surface area (Å²) in [5.74, 6) is -0.363. The fourth-order valence-corrected chi connectivity index (χ4v) is 5.65. The number of aliphatic hydroxyl groups is 1. The Kier molecular flexibility index (Phi) is 10.2. The van der Waals surface area contributed by atoms with Gasteiger partial charge in [0.15, 0.2) is 5.78 Å². The number of hydrogen-bond acceptors (Lipinski definition) is 5. The smallest absolute Gasteiger partial charge is 0.237 e. The molecule has 0 bridgehead atoms. The standard InChI is InChI=1S/C19H37N2O5P/c1-13(2)18(20)19(24)21-14(3)17(23)10-9-16(22)12-27(25,26)11-15-7-5-4-6-8-15/h13-16,18,22H,4-12,20H2,1-3H3,(H,21,24)(H,25,26)/t14-,16-,18-/m1/s1. The SMILES string of the molecule is CC(C)[C@@H](N)C(=O)N[C@H](C)C(=O)CC[C@@H](O)CP(=O)(O)CC1CCCCC1. The van der Waals surface area contributed by atoms with E-state index in [-0.39, 0.29) is 48.7 Å². The van der Waals surface area contributed by atoms with Crippen LogP contribution in [-0.4, -0.2) is 52.2 Å². The van der Waals surface area contributed by atoms with Gasteiger partial charge in [0.2, 0.25) is 13.3 Å². The number of rotatable bonds is 11. The number of nitrogens with one attached hydrogen (secondary N) is 1. The van der Waals surface area contributed by atoms with E-state index in [0.717, 1.165) is 25.7 Å². The molecular weight excluding hydrogens is 367 g/mol. The van der Waals surface area contributed by atoms with Crippen molar-refractivity contribution in [3.8, 4) is 0 Å². The number of amides is 1. The van der Waals surface area contributed by atoms with E-state index in [2.05, 4.69) is 5.32 Å². The summed E-state index contributed by atoms with van der Waals surface area (Å²) in [6.07, 6.45) is 4.62. The zero-order valence-electron chi connectivity index (χ0n) is 16.9. The van der Waals surface area contributed by atoms with Crippen molar-refractivity contribution in [2.24, 2.45) is 17.6 Å². The lowest BCUT2D eigenvalue weighted by atomic mass is 9.91. The fourth-order valence-electron chi connectivity index (χ4n) is 3.49. The summed E-state index contributed by atoms with van der Waals surface area (Å²) < 4.78 is 12.4. The highest BCUT2D eigenvalue weighted by molar-refractivity contribution is 7.58. The third-order valence-electron chi connectivity index (χ3n) is 5.35. The maximum absolute atomic E-state index is 12.4. The molecule has 1 amide bonds. The van der Waals surface area contributed by atoms with Crippen LogP contribution in [0.4, 0.5) is 0 Å². The highest BCUT2D eigenvalue weighted by atomic mass is 31.2. The van der Waals surface area contributed by atoms with Gasteiger partial charge in [0.1, 0.15) is 0 Å². The fraction of sp³-hybridized carbons (Fsp3) is 0.895. The molecular formula is C19H37N2O5P. The van der Waals surface area contributed by atoms with Crippen LogP contribution in [0.2, 0.25) is 0 Å². The summed E-state index contributed by atoms with van der Waals surface area (Å²) in [4.78, 5) is 34.2. The van der Waals surface area contributed by atoms with Gasteiger partial charge in [0.25, 0.3) is 0 Å². The number of Topliss-reactive ketones (excluding diaryl/α,β-unsaturated/α-hetero) is 1. The predicted molar refractivity (Wildman–Crippen MR) is 107 cm³/mol. The lowest BCUT2D eigenvalue weighted by Crippen LogP contribution is -2.49. The number of ketones is 1. The average Bonchev–Trinajstić information content (AvgIpc) is 2.58. The van der Waals surface area contributed by atoms with Gasteiger partial charge < -0.3 is 21.1 Å². The van der Waals surface area contributed by atoms with E-state index < -0.39 is 25.6 Å². The zero-order valence-corrected chi connectivity index (χ0v) is 17.8. The monoisotopic (exact) mass is 404 g/mol. The number of carbonyl (C=O) groups is 2. The average molecular weight is 404 g/mol. The number of aliphatic hydroxyl groups excluding tert-OH is 1. The summed E-state index contributed by atoms with van der Waals surface area (Å²) in [6.45, 7) is 5.24. The molecule has 1 saturated carbocycles. The molecule has 1 aliphatic rings. The molecule has 0 radical (unpaired) electrons. The molecule has 0 heterocycles. The van der Waals surface area contributed by atoms with Crippen LogP contribution in [0.1, 0.15) is 65.7 Å². The van der Waals surface area contributed by atoms with Gasteiger partial charge in [-0.2, -0.15) is 0 Å². The molecule has 4 atom stereocenters. The molecule has 8 heteroatoms. The molecule has 1 fully saturated rings. The van der Waals surface area contributed by atoms with Crippen LogP contribution in [-0.2, 0) is 14.2 Å². The molecule has 5 N–H and O–H groups in total. The van der Waals surface area contributed by atoms with Gasteiger partial charge in [-0.3, -0.25) is 14.2 Å². The van der Waals surface area contributed by atoms with Gasteiger partial charge in [-0.25, -0.2) is 0 Å². The Hall–Kier alpha value is -0.750. The second-order valence-corrected chi connectivity index (χ2v) is 10.8. The molecule has 27 heavy (non-hydrogen) atoms. The van der Waals surface area contributed by atoms with E-state index in [9.17, 15) is 24.2 Å². The molecule has 158 valence electrons. The molecule has 1 rings (SSSR count). The van der Waals surface area contributed by atoms with Gasteiger partial charge in [-0.15, -0.1) is 0 Å². The van der Waals surface area contributed by atoms with Crippen molar-refractivity contribution in [1.29, 1.82) is 0 Å². The summed E-state index contributed by atoms with van der Waals surface area (Å²) in [6, 6.07) is -1.37. The first-order chi connectivity index (χ1) is 12.5. The Morgan fingerprint density at radius 2 is 1.78 bits per heavy atom. The third-order valence-corrected chi connectivity index (χ3v) is 7.43. The summed E-state index contributed by atoms with van der Waals surface area (Å²) in [7, 11) is -3.40. The lowest BCUT2D eigenvalue weighted by Gasteiger charge is -2.25. The van der Waals surface area contributed by atoms with E-state index >= 15 is 0 Å². The minimum atomic E-state index is -3.40. The van der Waals surface area contributed by atoms with Gasteiger partial charge in [0, 0.05) is 12.6 Å². The van der Waals surface area contributed by atoms with Gasteiger partial charge in [-0.1, -0.05) is 33.1 Å². The van der Waals surface area contributed by atoms with E-state index in [1.165, 1.54) is 6.42 Å². The van der Waals surface area contributed by atoms with Crippen molar-refractivity contribution in [2.75, 3.05) is 12.3 Å². The second-order valence-electron chi connectivity index (χ2n) is 8.37. The molecule has 1 aliphatic carbocycles. The summed E-state index contributed by atoms with van der Waals surface area (Å²) in [5, 5.41) is 12.7. The number of hydrogen-bond donors (Lipinski definition) is 4. The quantitative estimate of drug-likeness (QED) is 0.390. The first kappa shape index (κ1) is 24.3. The Balaban J connectivity index is 2.36. The van der Waals surface area contributed by atoms with Crippen LogP contribution in [0.3, 0.4) is 0 Å².